The van der Waals surface area contributed by atoms with E-state index >= 15 is 0 Å². The van der Waals surface area contributed by atoms with Gasteiger partial charge in [0.1, 0.15) is 16.5 Å². The number of hydrogen-bond acceptors (Lipinski definition) is 5. The van der Waals surface area contributed by atoms with Crippen LogP contribution in [0, 0.1) is 0 Å². The molecule has 0 spiro atoms. The van der Waals surface area contributed by atoms with E-state index in [-0.39, 0.29) is 10.8 Å². The SMILES string of the molecule is CN(c1c(NC(=O)Nc2ccnc(C(F)(F)F)c2)cnn2cc(Cl)nc12)C1CC1. The van der Waals surface area contributed by atoms with E-state index in [1.54, 1.807) is 6.20 Å². The van der Waals surface area contributed by atoms with Gasteiger partial charge in [0.05, 0.1) is 18.1 Å². The molecule has 1 fully saturated rings. The molecule has 8 nitrogen and oxygen atoms in total. The maximum atomic E-state index is 12.8. The molecule has 152 valence electrons. The van der Waals surface area contributed by atoms with E-state index in [1.807, 2.05) is 11.9 Å². The molecule has 29 heavy (non-hydrogen) atoms. The van der Waals surface area contributed by atoms with Gasteiger partial charge in [0.2, 0.25) is 0 Å². The second-order valence-electron chi connectivity index (χ2n) is 6.59. The standard InChI is InChI=1S/C17H15ClF3N7O/c1-27(10-2-3-10)14-11(7-23-28-8-13(18)26-15(14)28)25-16(29)24-9-4-5-22-12(6-9)17(19,20)21/h4-8,10H,2-3H2,1H3,(H2,22,24,25,29). The Kier molecular flexibility index (Phi) is 4.69. The van der Waals surface area contributed by atoms with Crippen LogP contribution >= 0.6 is 11.6 Å². The van der Waals surface area contributed by atoms with Crippen LogP contribution in [0.2, 0.25) is 5.15 Å². The third kappa shape index (κ3) is 4.04. The van der Waals surface area contributed by atoms with Gasteiger partial charge in [0.15, 0.2) is 5.65 Å². The zero-order valence-electron chi connectivity index (χ0n) is 15.0. The van der Waals surface area contributed by atoms with Crippen molar-refractivity contribution in [1.82, 2.24) is 19.6 Å². The predicted octanol–water partition coefficient (Wildman–Crippen LogP) is 4.04. The Balaban J connectivity index is 1.60. The van der Waals surface area contributed by atoms with Crippen LogP contribution in [0.25, 0.3) is 5.65 Å². The fourth-order valence-electron chi connectivity index (χ4n) is 2.93. The first-order chi connectivity index (χ1) is 13.7. The normalized spacial score (nSPS) is 14.1. The van der Waals surface area contributed by atoms with Crippen molar-refractivity contribution >= 4 is 40.3 Å². The fraction of sp³-hybridized carbons (Fsp3) is 0.294. The molecule has 0 saturated heterocycles. The van der Waals surface area contributed by atoms with Crippen LogP contribution in [0.5, 0.6) is 0 Å². The highest BCUT2D eigenvalue weighted by Gasteiger charge is 2.33. The molecule has 1 saturated carbocycles. The summed E-state index contributed by atoms with van der Waals surface area (Å²) in [5.41, 5.74) is 0.303. The minimum absolute atomic E-state index is 0.0418. The van der Waals surface area contributed by atoms with E-state index in [4.69, 9.17) is 11.6 Å². The first-order valence-corrected chi connectivity index (χ1v) is 8.98. The highest BCUT2D eigenvalue weighted by Crippen LogP contribution is 2.37. The summed E-state index contributed by atoms with van der Waals surface area (Å²) in [6.45, 7) is 0. The van der Waals surface area contributed by atoms with Crippen LogP contribution in [0.4, 0.5) is 35.0 Å². The number of halogens is 4. The molecule has 2 N–H and O–H groups in total. The van der Waals surface area contributed by atoms with Crippen molar-refractivity contribution in [2.75, 3.05) is 22.6 Å². The van der Waals surface area contributed by atoms with Crippen molar-refractivity contribution in [3.05, 3.63) is 41.6 Å². The van der Waals surface area contributed by atoms with E-state index in [2.05, 4.69) is 25.7 Å². The zero-order chi connectivity index (χ0) is 20.8. The Morgan fingerprint density at radius 2 is 2.10 bits per heavy atom. The number of amides is 2. The van der Waals surface area contributed by atoms with E-state index in [0.717, 1.165) is 25.1 Å². The van der Waals surface area contributed by atoms with Crippen LogP contribution in [0.3, 0.4) is 0 Å². The molecule has 2 amide bonds. The quantitative estimate of drug-likeness (QED) is 0.658. The number of anilines is 3. The number of imidazole rings is 1. The lowest BCUT2D eigenvalue weighted by Crippen LogP contribution is -2.25. The van der Waals surface area contributed by atoms with E-state index in [0.29, 0.717) is 23.1 Å². The predicted molar refractivity (Wildman–Crippen MR) is 101 cm³/mol. The molecule has 3 heterocycles. The zero-order valence-corrected chi connectivity index (χ0v) is 15.8. The maximum absolute atomic E-state index is 12.8. The minimum atomic E-state index is -4.61. The minimum Gasteiger partial charge on any atom is -0.367 e. The van der Waals surface area contributed by atoms with Gasteiger partial charge < -0.3 is 15.5 Å². The van der Waals surface area contributed by atoms with Crippen molar-refractivity contribution in [2.24, 2.45) is 0 Å². The van der Waals surface area contributed by atoms with Gasteiger partial charge in [-0.05, 0) is 25.0 Å². The summed E-state index contributed by atoms with van der Waals surface area (Å²) < 4.78 is 39.9. The fourth-order valence-corrected chi connectivity index (χ4v) is 3.10. The Morgan fingerprint density at radius 3 is 2.79 bits per heavy atom. The second-order valence-corrected chi connectivity index (χ2v) is 6.97. The maximum Gasteiger partial charge on any atom is 0.433 e. The molecular formula is C17H15ClF3N7O. The molecule has 1 aliphatic rings. The summed E-state index contributed by atoms with van der Waals surface area (Å²) in [4.78, 5) is 21.9. The van der Waals surface area contributed by atoms with E-state index < -0.39 is 17.9 Å². The summed E-state index contributed by atoms with van der Waals surface area (Å²) in [6.07, 6.45) is 1.35. The molecule has 1 aliphatic carbocycles. The number of urea groups is 1. The van der Waals surface area contributed by atoms with Crippen molar-refractivity contribution in [3.63, 3.8) is 0 Å². The Bertz CT molecular complexity index is 1080. The summed E-state index contributed by atoms with van der Waals surface area (Å²) in [5, 5.41) is 9.43. The number of nitrogens with one attached hydrogen (secondary N) is 2. The van der Waals surface area contributed by atoms with Gasteiger partial charge in [-0.1, -0.05) is 11.6 Å². The molecule has 0 unspecified atom stereocenters. The molecule has 0 aromatic carbocycles. The average molecular weight is 426 g/mol. The lowest BCUT2D eigenvalue weighted by atomic mass is 10.3. The van der Waals surface area contributed by atoms with Gasteiger partial charge in [-0.2, -0.15) is 18.3 Å². The van der Waals surface area contributed by atoms with Crippen LogP contribution in [-0.4, -0.2) is 38.7 Å². The number of rotatable bonds is 4. The van der Waals surface area contributed by atoms with Gasteiger partial charge in [-0.25, -0.2) is 14.3 Å². The molecule has 0 atom stereocenters. The number of nitrogens with zero attached hydrogens (tertiary/aromatic N) is 5. The number of alkyl halides is 3. The van der Waals surface area contributed by atoms with E-state index in [1.165, 1.54) is 16.8 Å². The number of pyridine rings is 1. The highest BCUT2D eigenvalue weighted by atomic mass is 35.5. The smallest absolute Gasteiger partial charge is 0.367 e. The summed E-state index contributed by atoms with van der Waals surface area (Å²) in [6, 6.07) is 1.60. The largest absolute Gasteiger partial charge is 0.433 e. The number of carbonyl (C=O) groups excluding carboxylic acids is 1. The van der Waals surface area contributed by atoms with Gasteiger partial charge in [0, 0.05) is 25.0 Å². The van der Waals surface area contributed by atoms with Crippen molar-refractivity contribution in [3.8, 4) is 0 Å². The van der Waals surface area contributed by atoms with Crippen LogP contribution in [0.15, 0.2) is 30.7 Å². The Labute approximate surface area is 167 Å². The second kappa shape index (κ2) is 7.07. The third-order valence-corrected chi connectivity index (χ3v) is 4.62. The topological polar surface area (TPSA) is 87.5 Å². The Morgan fingerprint density at radius 1 is 1.34 bits per heavy atom. The monoisotopic (exact) mass is 425 g/mol. The van der Waals surface area contributed by atoms with Crippen molar-refractivity contribution < 1.29 is 18.0 Å². The molecule has 12 heteroatoms. The summed E-state index contributed by atoms with van der Waals surface area (Å²) in [5.74, 6) is 0. The number of carbonyl (C=O) groups is 1. The molecule has 0 radical (unpaired) electrons. The van der Waals surface area contributed by atoms with Gasteiger partial charge in [-0.3, -0.25) is 4.98 Å². The molecule has 3 aromatic heterocycles. The number of fused-ring (bicyclic) bond motifs is 1. The summed E-state index contributed by atoms with van der Waals surface area (Å²) in [7, 11) is 1.87. The number of hydrogen-bond donors (Lipinski definition) is 2. The van der Waals surface area contributed by atoms with Crippen LogP contribution in [-0.2, 0) is 6.18 Å². The molecular weight excluding hydrogens is 411 g/mol. The Hall–Kier alpha value is -3.08. The van der Waals surface area contributed by atoms with Gasteiger partial charge in [0.25, 0.3) is 0 Å². The van der Waals surface area contributed by atoms with Gasteiger partial charge >= 0.3 is 12.2 Å². The van der Waals surface area contributed by atoms with Crippen LogP contribution < -0.4 is 15.5 Å². The van der Waals surface area contributed by atoms with Crippen molar-refractivity contribution in [1.29, 1.82) is 0 Å². The lowest BCUT2D eigenvalue weighted by Gasteiger charge is -2.22. The third-order valence-electron chi connectivity index (χ3n) is 4.44. The first-order valence-electron chi connectivity index (χ1n) is 8.60. The average Bonchev–Trinajstić information content (AvgIpc) is 3.42. The lowest BCUT2D eigenvalue weighted by molar-refractivity contribution is -0.141. The van der Waals surface area contributed by atoms with Crippen LogP contribution in [0.1, 0.15) is 18.5 Å². The van der Waals surface area contributed by atoms with E-state index in [9.17, 15) is 18.0 Å². The molecule has 3 aromatic rings. The molecule has 4 rings (SSSR count). The highest BCUT2D eigenvalue weighted by molar-refractivity contribution is 6.29. The van der Waals surface area contributed by atoms with Crippen molar-refractivity contribution in [2.45, 2.75) is 25.1 Å². The number of aromatic nitrogens is 4. The molecule has 0 bridgehead atoms. The molecule has 0 aliphatic heterocycles. The van der Waals surface area contributed by atoms with Gasteiger partial charge in [-0.15, -0.1) is 0 Å². The first kappa shape index (κ1) is 19.2. The summed E-state index contributed by atoms with van der Waals surface area (Å²) >= 11 is 5.98.